The lowest BCUT2D eigenvalue weighted by molar-refractivity contribution is -0.136. The Morgan fingerprint density at radius 2 is 1.84 bits per heavy atom. The molecule has 0 radical (unpaired) electrons. The molecule has 19 heavy (non-hydrogen) atoms. The van der Waals surface area contributed by atoms with Crippen molar-refractivity contribution in [1.82, 2.24) is 4.98 Å². The summed E-state index contributed by atoms with van der Waals surface area (Å²) >= 11 is 0. The van der Waals surface area contributed by atoms with E-state index in [2.05, 4.69) is 16.7 Å². The van der Waals surface area contributed by atoms with Crippen LogP contribution in [0.1, 0.15) is 5.56 Å². The first-order valence-electron chi connectivity index (χ1n) is 5.28. The molecular formula is C13H12F3NOS. The first-order chi connectivity index (χ1) is 8.59. The van der Waals surface area contributed by atoms with Gasteiger partial charge in [0, 0.05) is 17.0 Å². The highest BCUT2D eigenvalue weighted by atomic mass is 32.2. The fourth-order valence-electron chi connectivity index (χ4n) is 1.77. The molecule has 0 amide bonds. The van der Waals surface area contributed by atoms with Crippen LogP contribution in [0.15, 0.2) is 34.0 Å². The zero-order chi connectivity index (χ0) is 14.4. The smallest absolute Gasteiger partial charge is 0.322 e. The number of aromatic amines is 1. The fraction of sp³-hybridized carbons (Fsp3) is 0.154. The number of aromatic nitrogens is 1. The van der Waals surface area contributed by atoms with Gasteiger partial charge in [0.25, 0.3) is 0 Å². The van der Waals surface area contributed by atoms with E-state index in [1.807, 2.05) is 0 Å². The number of alkyl halides is 3. The van der Waals surface area contributed by atoms with Crippen molar-refractivity contribution < 1.29 is 13.2 Å². The second-order valence-electron chi connectivity index (χ2n) is 4.53. The Balaban J connectivity index is 2.92. The molecule has 1 N–H and O–H groups in total. The van der Waals surface area contributed by atoms with Crippen LogP contribution in [0.3, 0.4) is 0 Å². The third kappa shape index (κ3) is 2.68. The molecule has 0 saturated heterocycles. The van der Waals surface area contributed by atoms with Gasteiger partial charge in [-0.15, -0.1) is 0 Å². The van der Waals surface area contributed by atoms with Crippen LogP contribution in [-0.2, 0) is 6.18 Å². The molecule has 0 fully saturated rings. The molecule has 1 aromatic heterocycles. The van der Waals surface area contributed by atoms with Gasteiger partial charge < -0.3 is 4.98 Å². The summed E-state index contributed by atoms with van der Waals surface area (Å²) in [5, 5.41) is -0.0318. The molecule has 1 heterocycles. The maximum absolute atomic E-state index is 12.9. The number of nitrogens with one attached hydrogen (secondary N) is 1. The topological polar surface area (TPSA) is 32.9 Å². The standard InChI is InChI=1S/C13H12F3NOS/c1-19(2,3)8-4-5-11-9(6-8)10(13(14,15)16)7-12(18)17-11/h4-7H,1-2H2,3H3,(H,17,18). The van der Waals surface area contributed by atoms with E-state index < -0.39 is 26.5 Å². The van der Waals surface area contributed by atoms with Gasteiger partial charge in [-0.1, -0.05) is 11.7 Å². The predicted octanol–water partition coefficient (Wildman–Crippen LogP) is 3.20. The maximum atomic E-state index is 12.9. The average molecular weight is 287 g/mol. The van der Waals surface area contributed by atoms with Gasteiger partial charge in [-0.3, -0.25) is 4.79 Å². The summed E-state index contributed by atoms with van der Waals surface area (Å²) in [5.41, 5.74) is -1.55. The van der Waals surface area contributed by atoms with Gasteiger partial charge in [-0.2, -0.15) is 22.4 Å². The summed E-state index contributed by atoms with van der Waals surface area (Å²) < 4.78 is 38.8. The monoisotopic (exact) mass is 287 g/mol. The molecule has 2 nitrogen and oxygen atoms in total. The lowest BCUT2D eigenvalue weighted by Crippen LogP contribution is -2.13. The first-order valence-corrected chi connectivity index (χ1v) is 7.66. The molecule has 2 rings (SSSR count). The summed E-state index contributed by atoms with van der Waals surface area (Å²) in [6.07, 6.45) is -2.79. The van der Waals surface area contributed by atoms with Crippen LogP contribution >= 0.6 is 9.21 Å². The minimum Gasteiger partial charge on any atom is -0.322 e. The summed E-state index contributed by atoms with van der Waals surface area (Å²) in [6, 6.07) is 5.09. The number of H-pyrrole nitrogens is 1. The van der Waals surface area contributed by atoms with E-state index in [4.69, 9.17) is 0 Å². The van der Waals surface area contributed by atoms with E-state index in [1.54, 1.807) is 12.3 Å². The number of halogens is 3. The summed E-state index contributed by atoms with van der Waals surface area (Å²) in [5.74, 6) is 7.75. The van der Waals surface area contributed by atoms with Gasteiger partial charge in [-0.25, -0.2) is 0 Å². The molecule has 0 aliphatic carbocycles. The molecule has 0 aliphatic rings. The number of benzene rings is 1. The van der Waals surface area contributed by atoms with Crippen LogP contribution < -0.4 is 5.56 Å². The molecular weight excluding hydrogens is 275 g/mol. The molecule has 0 bridgehead atoms. The van der Waals surface area contributed by atoms with E-state index in [9.17, 15) is 18.0 Å². The van der Waals surface area contributed by atoms with Crippen LogP contribution in [-0.4, -0.2) is 23.0 Å². The van der Waals surface area contributed by atoms with Crippen molar-refractivity contribution in [3.05, 3.63) is 40.2 Å². The number of pyridine rings is 1. The molecule has 0 spiro atoms. The van der Waals surface area contributed by atoms with E-state index >= 15 is 0 Å². The highest BCUT2D eigenvalue weighted by molar-refractivity contribution is 8.27. The van der Waals surface area contributed by atoms with E-state index in [-0.39, 0.29) is 10.9 Å². The predicted molar refractivity (Wildman–Crippen MR) is 75.6 cm³/mol. The molecule has 0 atom stereocenters. The quantitative estimate of drug-likeness (QED) is 0.803. The van der Waals surface area contributed by atoms with E-state index in [1.165, 1.54) is 12.1 Å². The zero-order valence-electron chi connectivity index (χ0n) is 10.2. The highest BCUT2D eigenvalue weighted by Crippen LogP contribution is 2.36. The van der Waals surface area contributed by atoms with Crippen LogP contribution in [0.25, 0.3) is 10.9 Å². The fourth-order valence-corrected chi connectivity index (χ4v) is 2.57. The van der Waals surface area contributed by atoms with Gasteiger partial charge in [0.05, 0.1) is 5.56 Å². The summed E-state index contributed by atoms with van der Waals surface area (Å²) in [6.45, 7) is 0. The van der Waals surface area contributed by atoms with Gasteiger partial charge in [0.1, 0.15) is 0 Å². The lowest BCUT2D eigenvalue weighted by Gasteiger charge is -2.13. The van der Waals surface area contributed by atoms with E-state index in [0.29, 0.717) is 11.0 Å². The Morgan fingerprint density at radius 3 is 2.37 bits per heavy atom. The molecule has 0 aliphatic heterocycles. The number of hydrogen-bond acceptors (Lipinski definition) is 1. The Labute approximate surface area is 108 Å². The largest absolute Gasteiger partial charge is 0.417 e. The molecule has 6 heteroatoms. The minimum atomic E-state index is -4.57. The molecule has 0 saturated carbocycles. The Hall–Kier alpha value is -1.69. The summed E-state index contributed by atoms with van der Waals surface area (Å²) in [7, 11) is -1.63. The van der Waals surface area contributed by atoms with Gasteiger partial charge in [0.2, 0.25) is 5.56 Å². The van der Waals surface area contributed by atoms with Crippen LogP contribution in [0.4, 0.5) is 13.2 Å². The zero-order valence-corrected chi connectivity index (χ0v) is 11.0. The second-order valence-corrected chi connectivity index (χ2v) is 7.55. The minimum absolute atomic E-state index is 0.0318. The molecule has 1 aromatic carbocycles. The first kappa shape index (κ1) is 13.7. The van der Waals surface area contributed by atoms with Crippen molar-refractivity contribution >= 4 is 31.8 Å². The Bertz CT molecular complexity index is 801. The maximum Gasteiger partial charge on any atom is 0.417 e. The van der Waals surface area contributed by atoms with Crippen molar-refractivity contribution in [2.24, 2.45) is 0 Å². The SMILES string of the molecule is C=S(=C)(C)c1ccc2[nH]c(=O)cc(C(F)(F)F)c2c1. The number of fused-ring (bicyclic) bond motifs is 1. The van der Waals surface area contributed by atoms with Crippen molar-refractivity contribution in [3.63, 3.8) is 0 Å². The van der Waals surface area contributed by atoms with E-state index in [0.717, 1.165) is 0 Å². The summed E-state index contributed by atoms with van der Waals surface area (Å²) in [4.78, 5) is 14.3. The van der Waals surface area contributed by atoms with Crippen molar-refractivity contribution in [1.29, 1.82) is 0 Å². The van der Waals surface area contributed by atoms with Gasteiger partial charge in [-0.05, 0) is 29.4 Å². The lowest BCUT2D eigenvalue weighted by atomic mass is 10.1. The van der Waals surface area contributed by atoms with Crippen molar-refractivity contribution in [3.8, 4) is 0 Å². The Kier molecular flexibility index (Phi) is 3.01. The van der Waals surface area contributed by atoms with Crippen LogP contribution in [0, 0.1) is 0 Å². The second kappa shape index (κ2) is 4.16. The Morgan fingerprint density at radius 1 is 1.21 bits per heavy atom. The van der Waals surface area contributed by atoms with Crippen molar-refractivity contribution in [2.45, 2.75) is 11.1 Å². The van der Waals surface area contributed by atoms with Crippen molar-refractivity contribution in [2.75, 3.05) is 6.26 Å². The number of rotatable bonds is 1. The molecule has 102 valence electrons. The third-order valence-corrected chi connectivity index (χ3v) is 4.08. The molecule has 0 unspecified atom stereocenters. The molecule has 2 aromatic rings. The third-order valence-electron chi connectivity index (χ3n) is 2.69. The van der Waals surface area contributed by atoms with Gasteiger partial charge in [0.15, 0.2) is 0 Å². The van der Waals surface area contributed by atoms with Crippen LogP contribution in [0.2, 0.25) is 0 Å². The average Bonchev–Trinajstić information content (AvgIpc) is 2.24. The number of hydrogen-bond donors (Lipinski definition) is 1. The highest BCUT2D eigenvalue weighted by Gasteiger charge is 2.33. The van der Waals surface area contributed by atoms with Gasteiger partial charge >= 0.3 is 6.18 Å². The van der Waals surface area contributed by atoms with Crippen LogP contribution in [0.5, 0.6) is 0 Å². The normalized spacial score (nSPS) is 12.8.